The fourth-order valence-corrected chi connectivity index (χ4v) is 5.48. The third-order valence-electron chi connectivity index (χ3n) is 3.82. The van der Waals surface area contributed by atoms with Gasteiger partial charge in [0.2, 0.25) is 5.91 Å². The molecule has 1 amide bonds. The Morgan fingerprint density at radius 3 is 2.96 bits per heavy atom. The van der Waals surface area contributed by atoms with Crippen LogP contribution < -0.4 is 10.1 Å². The number of nitrogens with one attached hydrogen (secondary N) is 1. The van der Waals surface area contributed by atoms with Crippen molar-refractivity contribution in [1.82, 2.24) is 0 Å². The van der Waals surface area contributed by atoms with E-state index in [2.05, 4.69) is 12.2 Å². The maximum atomic E-state index is 12.1. The van der Waals surface area contributed by atoms with Crippen LogP contribution in [0.25, 0.3) is 0 Å². The molecule has 1 aromatic carbocycles. The van der Waals surface area contributed by atoms with Crippen molar-refractivity contribution in [2.24, 2.45) is 0 Å². The Bertz CT molecular complexity index is 476. The van der Waals surface area contributed by atoms with Crippen LogP contribution in [-0.2, 0) is 4.79 Å². The van der Waals surface area contributed by atoms with Crippen LogP contribution in [0.3, 0.4) is 0 Å². The Balaban J connectivity index is 1.69. The Labute approximate surface area is 147 Å². The van der Waals surface area contributed by atoms with Crippen molar-refractivity contribution in [1.29, 1.82) is 0 Å². The zero-order chi connectivity index (χ0) is 16.3. The fraction of sp³-hybridized carbons (Fsp3) is 0.611. The second kappa shape index (κ2) is 10.9. The number of hydrogen-bond donors (Lipinski definition) is 1. The van der Waals surface area contributed by atoms with Crippen molar-refractivity contribution in [3.05, 3.63) is 24.3 Å². The van der Waals surface area contributed by atoms with Gasteiger partial charge >= 0.3 is 0 Å². The minimum atomic E-state index is 0.0880. The number of amides is 1. The lowest BCUT2D eigenvalue weighted by molar-refractivity contribution is -0.116. The predicted octanol–water partition coefficient (Wildman–Crippen LogP) is 5.52. The van der Waals surface area contributed by atoms with Gasteiger partial charge in [0.1, 0.15) is 5.75 Å². The van der Waals surface area contributed by atoms with Gasteiger partial charge in [-0.15, -0.1) is 0 Å². The Morgan fingerprint density at radius 1 is 1.30 bits per heavy atom. The molecule has 0 aromatic heterocycles. The highest BCUT2D eigenvalue weighted by Crippen LogP contribution is 2.39. The molecule has 0 spiro atoms. The molecule has 0 bridgehead atoms. The fourth-order valence-electron chi connectivity index (χ4n) is 2.46. The molecule has 23 heavy (non-hydrogen) atoms. The molecule has 0 radical (unpaired) electrons. The van der Waals surface area contributed by atoms with E-state index in [-0.39, 0.29) is 5.91 Å². The third kappa shape index (κ3) is 7.08. The van der Waals surface area contributed by atoms with Crippen molar-refractivity contribution in [3.8, 4) is 5.75 Å². The lowest BCUT2D eigenvalue weighted by Gasteiger charge is -2.12. The van der Waals surface area contributed by atoms with Crippen LogP contribution in [0.1, 0.15) is 51.9 Å². The molecule has 1 aromatic rings. The second-order valence-corrected chi connectivity index (χ2v) is 8.61. The van der Waals surface area contributed by atoms with Crippen molar-refractivity contribution in [2.75, 3.05) is 17.7 Å². The Kier molecular flexibility index (Phi) is 8.76. The topological polar surface area (TPSA) is 38.3 Å². The summed E-state index contributed by atoms with van der Waals surface area (Å²) in [5, 5.41) is 3.79. The first-order valence-corrected chi connectivity index (χ1v) is 11.0. The van der Waals surface area contributed by atoms with Gasteiger partial charge in [-0.1, -0.05) is 53.5 Å². The molecule has 1 aliphatic rings. The predicted molar refractivity (Wildman–Crippen MR) is 102 cm³/mol. The van der Waals surface area contributed by atoms with Crippen LogP contribution in [-0.4, -0.2) is 23.5 Å². The number of ether oxygens (including phenoxy) is 1. The largest absolute Gasteiger partial charge is 0.491 e. The summed E-state index contributed by atoms with van der Waals surface area (Å²) in [6.07, 6.45) is 7.39. The molecule has 0 saturated carbocycles. The van der Waals surface area contributed by atoms with Crippen LogP contribution in [0, 0.1) is 0 Å². The highest BCUT2D eigenvalue weighted by Gasteiger charge is 2.16. The first kappa shape index (κ1) is 18.5. The van der Waals surface area contributed by atoms with Crippen molar-refractivity contribution < 1.29 is 9.53 Å². The number of unbranched alkanes of at least 4 members (excludes halogenated alkanes) is 2. The van der Waals surface area contributed by atoms with Gasteiger partial charge in [0.05, 0.1) is 12.3 Å². The van der Waals surface area contributed by atoms with E-state index in [9.17, 15) is 4.79 Å². The van der Waals surface area contributed by atoms with Gasteiger partial charge in [-0.2, -0.15) is 0 Å². The standard InChI is InChI=1S/C18H27NO2S2/c1-2-3-13-21-17-10-6-5-9-16(17)19-18(20)11-7-4-8-15-12-14-22-23-15/h5-6,9-10,15H,2-4,7-8,11-14H2,1H3,(H,19,20). The Hall–Kier alpha value is -0.810. The zero-order valence-corrected chi connectivity index (χ0v) is 15.5. The van der Waals surface area contributed by atoms with E-state index in [0.29, 0.717) is 13.0 Å². The zero-order valence-electron chi connectivity index (χ0n) is 13.9. The highest BCUT2D eigenvalue weighted by atomic mass is 33.1. The molecule has 1 fully saturated rings. The van der Waals surface area contributed by atoms with E-state index >= 15 is 0 Å². The number of carbonyl (C=O) groups excluding carboxylic acids is 1. The maximum Gasteiger partial charge on any atom is 0.224 e. The van der Waals surface area contributed by atoms with Gasteiger partial charge in [0, 0.05) is 17.4 Å². The van der Waals surface area contributed by atoms with Crippen LogP contribution in [0.4, 0.5) is 5.69 Å². The average Bonchev–Trinajstić information content (AvgIpc) is 3.07. The summed E-state index contributed by atoms with van der Waals surface area (Å²) >= 11 is 0. The molecule has 3 nitrogen and oxygen atoms in total. The van der Waals surface area contributed by atoms with Gasteiger partial charge in [-0.3, -0.25) is 4.79 Å². The number of carbonyl (C=O) groups is 1. The third-order valence-corrected chi connectivity index (χ3v) is 6.83. The van der Waals surface area contributed by atoms with E-state index in [1.165, 1.54) is 18.6 Å². The van der Waals surface area contributed by atoms with Crippen LogP contribution >= 0.6 is 21.6 Å². The van der Waals surface area contributed by atoms with Gasteiger partial charge in [-0.05, 0) is 37.8 Å². The molecule has 1 aliphatic heterocycles. The van der Waals surface area contributed by atoms with E-state index < -0.39 is 0 Å². The van der Waals surface area contributed by atoms with Crippen molar-refractivity contribution in [3.63, 3.8) is 0 Å². The van der Waals surface area contributed by atoms with Crippen LogP contribution in [0.15, 0.2) is 24.3 Å². The molecule has 2 rings (SSSR count). The van der Waals surface area contributed by atoms with Crippen molar-refractivity contribution >= 4 is 33.2 Å². The molecule has 1 saturated heterocycles. The normalized spacial score (nSPS) is 17.2. The molecule has 1 atom stereocenters. The lowest BCUT2D eigenvalue weighted by atomic mass is 10.1. The number of benzene rings is 1. The number of hydrogen-bond acceptors (Lipinski definition) is 4. The SMILES string of the molecule is CCCCOc1ccccc1NC(=O)CCCCC1CCSS1. The molecule has 1 heterocycles. The number of para-hydroxylation sites is 2. The molecule has 0 aliphatic carbocycles. The number of rotatable bonds is 10. The molecular weight excluding hydrogens is 326 g/mol. The lowest BCUT2D eigenvalue weighted by Crippen LogP contribution is -2.12. The monoisotopic (exact) mass is 353 g/mol. The van der Waals surface area contributed by atoms with Gasteiger partial charge in [0.25, 0.3) is 0 Å². The van der Waals surface area contributed by atoms with E-state index in [1.807, 2.05) is 45.9 Å². The molecule has 5 heteroatoms. The molecule has 128 valence electrons. The van der Waals surface area contributed by atoms with Gasteiger partial charge in [-0.25, -0.2) is 0 Å². The number of anilines is 1. The average molecular weight is 354 g/mol. The summed E-state index contributed by atoms with van der Waals surface area (Å²) in [6.45, 7) is 2.83. The van der Waals surface area contributed by atoms with Gasteiger partial charge < -0.3 is 10.1 Å². The van der Waals surface area contributed by atoms with Crippen LogP contribution in [0.2, 0.25) is 0 Å². The van der Waals surface area contributed by atoms with E-state index in [4.69, 9.17) is 4.74 Å². The summed E-state index contributed by atoms with van der Waals surface area (Å²) in [5.41, 5.74) is 0.788. The van der Waals surface area contributed by atoms with E-state index in [0.717, 1.165) is 42.4 Å². The summed E-state index contributed by atoms with van der Waals surface area (Å²) in [5.74, 6) is 2.14. The highest BCUT2D eigenvalue weighted by molar-refractivity contribution is 8.77. The first-order valence-electron chi connectivity index (χ1n) is 8.59. The van der Waals surface area contributed by atoms with Crippen molar-refractivity contribution in [2.45, 2.75) is 57.1 Å². The Morgan fingerprint density at radius 2 is 2.17 bits per heavy atom. The molecule has 1 N–H and O–H groups in total. The van der Waals surface area contributed by atoms with Gasteiger partial charge in [0.15, 0.2) is 0 Å². The quantitative estimate of drug-likeness (QED) is 0.444. The molecule has 1 unspecified atom stereocenters. The first-order chi connectivity index (χ1) is 11.3. The minimum absolute atomic E-state index is 0.0880. The molecular formula is C18H27NO2S2. The summed E-state index contributed by atoms with van der Waals surface area (Å²) < 4.78 is 5.75. The van der Waals surface area contributed by atoms with Crippen LogP contribution in [0.5, 0.6) is 5.75 Å². The summed E-state index contributed by atoms with van der Waals surface area (Å²) in [4.78, 5) is 12.1. The second-order valence-electron chi connectivity index (χ2n) is 5.82. The maximum absolute atomic E-state index is 12.1. The smallest absolute Gasteiger partial charge is 0.224 e. The summed E-state index contributed by atoms with van der Waals surface area (Å²) in [6, 6.07) is 7.69. The minimum Gasteiger partial charge on any atom is -0.491 e. The van der Waals surface area contributed by atoms with E-state index in [1.54, 1.807) is 0 Å². The summed E-state index contributed by atoms with van der Waals surface area (Å²) in [7, 11) is 4.00.